The summed E-state index contributed by atoms with van der Waals surface area (Å²) >= 11 is 7.15. The van der Waals surface area contributed by atoms with E-state index in [1.165, 1.54) is 5.56 Å². The lowest BCUT2D eigenvalue weighted by molar-refractivity contribution is 0.290. The summed E-state index contributed by atoms with van der Waals surface area (Å²) in [4.78, 5) is 0. The highest BCUT2D eigenvalue weighted by Gasteiger charge is 2.13. The zero-order chi connectivity index (χ0) is 15.4. The predicted octanol–water partition coefficient (Wildman–Crippen LogP) is 4.03. The molecule has 0 unspecified atom stereocenters. The van der Waals surface area contributed by atoms with Crippen molar-refractivity contribution in [1.82, 2.24) is 15.1 Å². The van der Waals surface area contributed by atoms with Gasteiger partial charge < -0.3 is 10.1 Å². The van der Waals surface area contributed by atoms with Crippen LogP contribution in [0.5, 0.6) is 5.75 Å². The van der Waals surface area contributed by atoms with Gasteiger partial charge in [-0.15, -0.1) is 0 Å². The van der Waals surface area contributed by atoms with Gasteiger partial charge in [-0.1, -0.05) is 6.07 Å². The van der Waals surface area contributed by atoms with Crippen LogP contribution in [0.1, 0.15) is 23.9 Å². The SMILES string of the molecule is CCn1nc(C)c(Br)c1COc1ccc(CNC)cc1Br. The monoisotopic (exact) mass is 415 g/mol. The molecule has 0 aliphatic carbocycles. The lowest BCUT2D eigenvalue weighted by atomic mass is 10.2. The number of rotatable bonds is 6. The molecule has 0 saturated heterocycles. The van der Waals surface area contributed by atoms with Gasteiger partial charge in [0.05, 0.1) is 20.3 Å². The van der Waals surface area contributed by atoms with E-state index in [1.54, 1.807) is 0 Å². The molecule has 1 aromatic carbocycles. The van der Waals surface area contributed by atoms with Gasteiger partial charge in [0.1, 0.15) is 12.4 Å². The smallest absolute Gasteiger partial charge is 0.134 e. The van der Waals surface area contributed by atoms with Crippen molar-refractivity contribution in [2.75, 3.05) is 7.05 Å². The van der Waals surface area contributed by atoms with Crippen LogP contribution < -0.4 is 10.1 Å². The van der Waals surface area contributed by atoms with E-state index < -0.39 is 0 Å². The minimum atomic E-state index is 0.485. The fraction of sp³-hybridized carbons (Fsp3) is 0.400. The number of ether oxygens (including phenoxy) is 1. The molecule has 2 aromatic rings. The van der Waals surface area contributed by atoms with Crippen molar-refractivity contribution in [2.45, 2.75) is 33.5 Å². The molecule has 0 saturated carbocycles. The molecule has 1 heterocycles. The minimum absolute atomic E-state index is 0.485. The molecule has 0 atom stereocenters. The van der Waals surface area contributed by atoms with E-state index in [0.717, 1.165) is 39.2 Å². The van der Waals surface area contributed by atoms with Gasteiger partial charge in [0.2, 0.25) is 0 Å². The first kappa shape index (κ1) is 16.5. The number of nitrogens with zero attached hydrogens (tertiary/aromatic N) is 2. The highest BCUT2D eigenvalue weighted by atomic mass is 79.9. The second kappa shape index (κ2) is 7.42. The van der Waals surface area contributed by atoms with Crippen LogP contribution in [0.15, 0.2) is 27.1 Å². The van der Waals surface area contributed by atoms with Gasteiger partial charge in [-0.25, -0.2) is 0 Å². The molecule has 1 N–H and O–H groups in total. The van der Waals surface area contributed by atoms with Gasteiger partial charge in [0.15, 0.2) is 0 Å². The first-order valence-electron chi connectivity index (χ1n) is 6.84. The minimum Gasteiger partial charge on any atom is -0.486 e. The third-order valence-electron chi connectivity index (χ3n) is 3.19. The maximum Gasteiger partial charge on any atom is 0.134 e. The number of benzene rings is 1. The van der Waals surface area contributed by atoms with Gasteiger partial charge in [-0.2, -0.15) is 5.10 Å². The number of nitrogens with one attached hydrogen (secondary N) is 1. The van der Waals surface area contributed by atoms with Gasteiger partial charge in [0, 0.05) is 13.1 Å². The van der Waals surface area contributed by atoms with E-state index >= 15 is 0 Å². The second-order valence-electron chi connectivity index (χ2n) is 4.75. The molecule has 0 aliphatic heterocycles. The molecule has 0 bridgehead atoms. The van der Waals surface area contributed by atoms with E-state index in [0.29, 0.717) is 6.61 Å². The summed E-state index contributed by atoms with van der Waals surface area (Å²) in [5.41, 5.74) is 3.26. The standard InChI is InChI=1S/C15H19Br2N3O/c1-4-20-13(15(17)10(2)19-20)9-21-14-6-5-11(8-18-3)7-12(14)16/h5-7,18H,4,8-9H2,1-3H3. The fourth-order valence-electron chi connectivity index (χ4n) is 2.13. The topological polar surface area (TPSA) is 39.1 Å². The first-order chi connectivity index (χ1) is 10.1. The zero-order valence-electron chi connectivity index (χ0n) is 12.4. The molecule has 1 aromatic heterocycles. The van der Waals surface area contributed by atoms with Crippen molar-refractivity contribution in [3.8, 4) is 5.75 Å². The molecular weight excluding hydrogens is 398 g/mol. The largest absolute Gasteiger partial charge is 0.486 e. The van der Waals surface area contributed by atoms with Gasteiger partial charge in [0.25, 0.3) is 0 Å². The number of aromatic nitrogens is 2. The van der Waals surface area contributed by atoms with E-state index in [1.807, 2.05) is 24.7 Å². The molecule has 0 spiro atoms. The van der Waals surface area contributed by atoms with Crippen LogP contribution in [-0.2, 0) is 19.7 Å². The summed E-state index contributed by atoms with van der Waals surface area (Å²) in [6, 6.07) is 6.13. The molecule has 6 heteroatoms. The molecule has 0 radical (unpaired) electrons. The highest BCUT2D eigenvalue weighted by molar-refractivity contribution is 9.10. The first-order valence-corrected chi connectivity index (χ1v) is 8.43. The lowest BCUT2D eigenvalue weighted by Gasteiger charge is -2.11. The molecule has 2 rings (SSSR count). The quantitative estimate of drug-likeness (QED) is 0.772. The second-order valence-corrected chi connectivity index (χ2v) is 6.39. The number of hydrogen-bond acceptors (Lipinski definition) is 3. The van der Waals surface area contributed by atoms with Crippen LogP contribution in [0.3, 0.4) is 0 Å². The maximum atomic E-state index is 5.93. The van der Waals surface area contributed by atoms with Crippen LogP contribution in [0.2, 0.25) is 0 Å². The van der Waals surface area contributed by atoms with Crippen LogP contribution >= 0.6 is 31.9 Å². The van der Waals surface area contributed by atoms with Gasteiger partial charge in [-0.05, 0) is 70.5 Å². The Labute approximate surface area is 142 Å². The fourth-order valence-corrected chi connectivity index (χ4v) is 3.07. The van der Waals surface area contributed by atoms with Gasteiger partial charge in [-0.3, -0.25) is 4.68 Å². The Balaban J connectivity index is 2.13. The van der Waals surface area contributed by atoms with Crippen molar-refractivity contribution in [2.24, 2.45) is 0 Å². The average Bonchev–Trinajstić information content (AvgIpc) is 2.74. The Kier molecular flexibility index (Phi) is 5.84. The Morgan fingerprint density at radius 1 is 1.33 bits per heavy atom. The van der Waals surface area contributed by atoms with E-state index in [4.69, 9.17) is 4.74 Å². The summed E-state index contributed by atoms with van der Waals surface area (Å²) in [7, 11) is 1.93. The van der Waals surface area contributed by atoms with Crippen molar-refractivity contribution < 1.29 is 4.74 Å². The van der Waals surface area contributed by atoms with Crippen molar-refractivity contribution in [1.29, 1.82) is 0 Å². The average molecular weight is 417 g/mol. The van der Waals surface area contributed by atoms with Crippen LogP contribution in [-0.4, -0.2) is 16.8 Å². The molecule has 0 fully saturated rings. The number of hydrogen-bond donors (Lipinski definition) is 1. The Morgan fingerprint density at radius 2 is 2.10 bits per heavy atom. The molecule has 4 nitrogen and oxygen atoms in total. The van der Waals surface area contributed by atoms with Crippen LogP contribution in [0, 0.1) is 6.92 Å². The van der Waals surface area contributed by atoms with Crippen molar-refractivity contribution in [3.05, 3.63) is 44.1 Å². The predicted molar refractivity (Wildman–Crippen MR) is 91.6 cm³/mol. The van der Waals surface area contributed by atoms with E-state index in [2.05, 4.69) is 61.3 Å². The molecule has 0 amide bonds. The third kappa shape index (κ3) is 3.87. The number of halogens is 2. The summed E-state index contributed by atoms with van der Waals surface area (Å²) in [5.74, 6) is 0.836. The molecule has 114 valence electrons. The normalized spacial score (nSPS) is 10.9. The lowest BCUT2D eigenvalue weighted by Crippen LogP contribution is -2.07. The summed E-state index contributed by atoms with van der Waals surface area (Å²) in [5, 5.41) is 7.61. The van der Waals surface area contributed by atoms with Crippen LogP contribution in [0.25, 0.3) is 0 Å². The van der Waals surface area contributed by atoms with Crippen molar-refractivity contribution >= 4 is 31.9 Å². The van der Waals surface area contributed by atoms with Crippen molar-refractivity contribution in [3.63, 3.8) is 0 Å². The molecule has 0 aliphatic rings. The Hall–Kier alpha value is -0.850. The van der Waals surface area contributed by atoms with E-state index in [-0.39, 0.29) is 0 Å². The Bertz CT molecular complexity index is 626. The third-order valence-corrected chi connectivity index (χ3v) is 4.85. The Morgan fingerprint density at radius 3 is 2.71 bits per heavy atom. The van der Waals surface area contributed by atoms with Crippen LogP contribution in [0.4, 0.5) is 0 Å². The summed E-state index contributed by atoms with van der Waals surface area (Å²) in [6.07, 6.45) is 0. The molecule has 21 heavy (non-hydrogen) atoms. The van der Waals surface area contributed by atoms with E-state index in [9.17, 15) is 0 Å². The summed E-state index contributed by atoms with van der Waals surface area (Å²) < 4.78 is 9.88. The molecular formula is C15H19Br2N3O. The van der Waals surface area contributed by atoms with Gasteiger partial charge >= 0.3 is 0 Å². The zero-order valence-corrected chi connectivity index (χ0v) is 15.6. The number of aryl methyl sites for hydroxylation is 2. The summed E-state index contributed by atoms with van der Waals surface area (Å²) in [6.45, 7) is 6.21. The highest BCUT2D eigenvalue weighted by Crippen LogP contribution is 2.28. The maximum absolute atomic E-state index is 5.93.